The maximum atomic E-state index is 13.1. The predicted molar refractivity (Wildman–Crippen MR) is 108 cm³/mol. The average molecular weight is 418 g/mol. The van der Waals surface area contributed by atoms with E-state index in [2.05, 4.69) is 10.3 Å². The summed E-state index contributed by atoms with van der Waals surface area (Å²) in [4.78, 5) is 29.7. The summed E-state index contributed by atoms with van der Waals surface area (Å²) in [6.07, 6.45) is -4.52. The Labute approximate surface area is 170 Å². The smallest absolute Gasteiger partial charge is 0.325 e. The maximum absolute atomic E-state index is 13.1. The minimum atomic E-state index is -4.52. The Morgan fingerprint density at radius 2 is 1.63 bits per heavy atom. The molecule has 0 saturated carbocycles. The second-order valence-corrected chi connectivity index (χ2v) is 7.78. The number of alkyl halides is 3. The summed E-state index contributed by atoms with van der Waals surface area (Å²) < 4.78 is 41.4. The molecule has 3 rings (SSSR count). The number of hydrogen-bond acceptors (Lipinski definition) is 4. The predicted octanol–water partition coefficient (Wildman–Crippen LogP) is 3.97. The van der Waals surface area contributed by atoms with E-state index in [4.69, 9.17) is 0 Å². The molecule has 0 saturated heterocycles. The van der Waals surface area contributed by atoms with E-state index in [0.717, 1.165) is 22.3 Å². The SMILES string of the molecule is CC(C)(C)n1c(=O)nc(Nc2cccc(C(F)(F)F)c2)n(Cc2ccccc2)c1=O. The van der Waals surface area contributed by atoms with Gasteiger partial charge in [-0.1, -0.05) is 36.4 Å². The van der Waals surface area contributed by atoms with Gasteiger partial charge < -0.3 is 5.32 Å². The molecule has 30 heavy (non-hydrogen) atoms. The van der Waals surface area contributed by atoms with Gasteiger partial charge in [-0.25, -0.2) is 14.2 Å². The first-order valence-electron chi connectivity index (χ1n) is 9.19. The Kier molecular flexibility index (Phi) is 5.56. The van der Waals surface area contributed by atoms with Crippen LogP contribution in [0.25, 0.3) is 0 Å². The molecule has 3 aromatic rings. The summed E-state index contributed by atoms with van der Waals surface area (Å²) in [5.41, 5.74) is -2.24. The van der Waals surface area contributed by atoms with Gasteiger partial charge in [-0.2, -0.15) is 18.2 Å². The van der Waals surface area contributed by atoms with Gasteiger partial charge in [0.1, 0.15) is 0 Å². The van der Waals surface area contributed by atoms with Crippen molar-refractivity contribution in [3.8, 4) is 0 Å². The van der Waals surface area contributed by atoms with Gasteiger partial charge in [0.05, 0.1) is 12.1 Å². The summed E-state index contributed by atoms with van der Waals surface area (Å²) in [6.45, 7) is 5.18. The lowest BCUT2D eigenvalue weighted by Gasteiger charge is -2.23. The third-order valence-electron chi connectivity index (χ3n) is 4.37. The lowest BCUT2D eigenvalue weighted by molar-refractivity contribution is -0.137. The molecule has 0 aliphatic heterocycles. The van der Waals surface area contributed by atoms with E-state index in [-0.39, 0.29) is 18.2 Å². The van der Waals surface area contributed by atoms with Crippen molar-refractivity contribution >= 4 is 11.6 Å². The van der Waals surface area contributed by atoms with E-state index in [9.17, 15) is 22.8 Å². The topological polar surface area (TPSA) is 68.9 Å². The Morgan fingerprint density at radius 3 is 2.23 bits per heavy atom. The number of halogens is 3. The highest BCUT2D eigenvalue weighted by atomic mass is 19.4. The summed E-state index contributed by atoms with van der Waals surface area (Å²) in [7, 11) is 0. The van der Waals surface area contributed by atoms with E-state index in [1.54, 1.807) is 45.0 Å². The fourth-order valence-corrected chi connectivity index (χ4v) is 2.97. The molecular formula is C21H21F3N4O2. The number of nitrogens with zero attached hydrogens (tertiary/aromatic N) is 3. The second kappa shape index (κ2) is 7.81. The molecule has 1 heterocycles. The van der Waals surface area contributed by atoms with Gasteiger partial charge in [0, 0.05) is 11.2 Å². The van der Waals surface area contributed by atoms with Crippen LogP contribution in [0, 0.1) is 0 Å². The summed E-state index contributed by atoms with van der Waals surface area (Å²) >= 11 is 0. The molecule has 1 aromatic heterocycles. The highest BCUT2D eigenvalue weighted by Crippen LogP contribution is 2.31. The first kappa shape index (κ1) is 21.4. The fraction of sp³-hybridized carbons (Fsp3) is 0.286. The van der Waals surface area contributed by atoms with Crippen LogP contribution in [-0.4, -0.2) is 14.1 Å². The van der Waals surface area contributed by atoms with Crippen molar-refractivity contribution in [2.45, 2.75) is 39.0 Å². The van der Waals surface area contributed by atoms with E-state index >= 15 is 0 Å². The van der Waals surface area contributed by atoms with Crippen LogP contribution in [0.5, 0.6) is 0 Å². The highest BCUT2D eigenvalue weighted by Gasteiger charge is 2.30. The van der Waals surface area contributed by atoms with Crippen LogP contribution >= 0.6 is 0 Å². The number of rotatable bonds is 4. The van der Waals surface area contributed by atoms with Crippen molar-refractivity contribution in [3.05, 3.63) is 86.7 Å². The van der Waals surface area contributed by atoms with E-state index in [1.165, 1.54) is 16.7 Å². The van der Waals surface area contributed by atoms with Crippen LogP contribution in [-0.2, 0) is 18.3 Å². The normalized spacial score (nSPS) is 12.1. The minimum Gasteiger partial charge on any atom is -0.325 e. The first-order valence-corrected chi connectivity index (χ1v) is 9.19. The zero-order valence-electron chi connectivity index (χ0n) is 16.7. The van der Waals surface area contributed by atoms with Crippen LogP contribution in [0.1, 0.15) is 31.9 Å². The Balaban J connectivity index is 2.14. The number of benzene rings is 2. The molecule has 0 atom stereocenters. The van der Waals surface area contributed by atoms with Crippen molar-refractivity contribution in [2.24, 2.45) is 0 Å². The molecule has 0 amide bonds. The maximum Gasteiger partial charge on any atom is 0.416 e. The van der Waals surface area contributed by atoms with Crippen LogP contribution < -0.4 is 16.7 Å². The molecular weight excluding hydrogens is 397 g/mol. The Hall–Kier alpha value is -3.36. The molecule has 2 aromatic carbocycles. The van der Waals surface area contributed by atoms with Crippen LogP contribution in [0.4, 0.5) is 24.8 Å². The highest BCUT2D eigenvalue weighted by molar-refractivity contribution is 5.55. The number of aromatic nitrogens is 3. The summed E-state index contributed by atoms with van der Waals surface area (Å²) in [5.74, 6) is -0.131. The third-order valence-corrected chi connectivity index (χ3v) is 4.37. The number of hydrogen-bond donors (Lipinski definition) is 1. The quantitative estimate of drug-likeness (QED) is 0.696. The zero-order valence-corrected chi connectivity index (χ0v) is 16.7. The van der Waals surface area contributed by atoms with Gasteiger partial charge in [-0.15, -0.1) is 0 Å². The number of nitrogens with one attached hydrogen (secondary N) is 1. The van der Waals surface area contributed by atoms with Crippen LogP contribution in [0.2, 0.25) is 0 Å². The third kappa shape index (κ3) is 4.61. The zero-order chi connectivity index (χ0) is 22.1. The Bertz CT molecular complexity index is 1160. The van der Waals surface area contributed by atoms with Crippen molar-refractivity contribution < 1.29 is 13.2 Å². The molecule has 0 spiro atoms. The molecule has 0 unspecified atom stereocenters. The van der Waals surface area contributed by atoms with Crippen molar-refractivity contribution in [2.75, 3.05) is 5.32 Å². The molecule has 0 radical (unpaired) electrons. The lowest BCUT2D eigenvalue weighted by atomic mass is 10.1. The monoisotopic (exact) mass is 418 g/mol. The summed E-state index contributed by atoms with van der Waals surface area (Å²) in [6, 6.07) is 13.5. The first-order chi connectivity index (χ1) is 14.0. The van der Waals surface area contributed by atoms with Gasteiger partial charge in [0.15, 0.2) is 0 Å². The van der Waals surface area contributed by atoms with Crippen LogP contribution in [0.15, 0.2) is 64.2 Å². The van der Waals surface area contributed by atoms with Crippen LogP contribution in [0.3, 0.4) is 0 Å². The molecule has 0 aliphatic carbocycles. The lowest BCUT2D eigenvalue weighted by Crippen LogP contribution is -2.49. The fourth-order valence-electron chi connectivity index (χ4n) is 2.97. The molecule has 9 heteroatoms. The van der Waals surface area contributed by atoms with Crippen molar-refractivity contribution in [1.29, 1.82) is 0 Å². The molecule has 0 aliphatic rings. The van der Waals surface area contributed by atoms with Crippen molar-refractivity contribution in [1.82, 2.24) is 14.1 Å². The molecule has 0 bridgehead atoms. The average Bonchev–Trinajstić information content (AvgIpc) is 2.64. The van der Waals surface area contributed by atoms with E-state index in [0.29, 0.717) is 0 Å². The van der Waals surface area contributed by atoms with Gasteiger partial charge in [-0.05, 0) is 44.5 Å². The number of anilines is 2. The largest absolute Gasteiger partial charge is 0.416 e. The standard InChI is InChI=1S/C21H21F3N4O2/c1-20(2,3)28-18(29)26-17(25-16-11-7-10-15(12-16)21(22,23)24)27(19(28)30)13-14-8-5-4-6-9-14/h4-12H,13H2,1-3H3,(H,25,26,29). The van der Waals surface area contributed by atoms with Crippen molar-refractivity contribution in [3.63, 3.8) is 0 Å². The molecule has 1 N–H and O–H groups in total. The van der Waals surface area contributed by atoms with Gasteiger partial charge in [0.25, 0.3) is 0 Å². The minimum absolute atomic E-state index is 0.0615. The molecule has 0 fully saturated rings. The van der Waals surface area contributed by atoms with Gasteiger partial charge >= 0.3 is 17.6 Å². The summed E-state index contributed by atoms with van der Waals surface area (Å²) in [5, 5.41) is 2.70. The molecule has 158 valence electrons. The molecule has 6 nitrogen and oxygen atoms in total. The van der Waals surface area contributed by atoms with E-state index in [1.807, 2.05) is 6.07 Å². The second-order valence-electron chi connectivity index (χ2n) is 7.78. The van der Waals surface area contributed by atoms with Gasteiger partial charge in [-0.3, -0.25) is 4.57 Å². The van der Waals surface area contributed by atoms with E-state index < -0.39 is 28.7 Å². The Morgan fingerprint density at radius 1 is 0.967 bits per heavy atom. The van der Waals surface area contributed by atoms with Gasteiger partial charge in [0.2, 0.25) is 5.95 Å².